The number of hydrogen-bond donors (Lipinski definition) is 1. The number of hydrazone groups is 1. The predicted molar refractivity (Wildman–Crippen MR) is 134 cm³/mol. The number of amides is 1. The van der Waals surface area contributed by atoms with Crippen LogP contribution < -0.4 is 19.6 Å². The summed E-state index contributed by atoms with van der Waals surface area (Å²) >= 11 is 0. The first-order valence-electron chi connectivity index (χ1n) is 10.8. The fourth-order valence-electron chi connectivity index (χ4n) is 3.59. The van der Waals surface area contributed by atoms with Crippen LogP contribution in [0.5, 0.6) is 17.2 Å². The summed E-state index contributed by atoms with van der Waals surface area (Å²) in [4.78, 5) is 12.7. The number of carbonyl (C=O) groups is 1. The maximum atomic E-state index is 12.7. The van der Waals surface area contributed by atoms with Gasteiger partial charge in [0.05, 0.1) is 37.6 Å². The van der Waals surface area contributed by atoms with Gasteiger partial charge in [-0.1, -0.05) is 42.5 Å². The molecule has 0 aliphatic carbocycles. The number of nitrogens with one attached hydrogen (secondary N) is 1. The molecule has 0 saturated carbocycles. The van der Waals surface area contributed by atoms with E-state index in [0.29, 0.717) is 33.9 Å². The molecule has 35 heavy (non-hydrogen) atoms. The van der Waals surface area contributed by atoms with Gasteiger partial charge >= 0.3 is 0 Å². The van der Waals surface area contributed by atoms with Crippen molar-refractivity contribution in [3.05, 3.63) is 101 Å². The maximum Gasteiger partial charge on any atom is 0.275 e. The number of ether oxygens (including phenoxy) is 3. The molecular weight excluding hydrogens is 442 g/mol. The number of benzene rings is 4. The quantitative estimate of drug-likeness (QED) is 0.290. The van der Waals surface area contributed by atoms with Gasteiger partial charge in [0, 0.05) is 5.56 Å². The van der Waals surface area contributed by atoms with E-state index in [1.54, 1.807) is 37.4 Å². The maximum absolute atomic E-state index is 12.7. The molecule has 0 atom stereocenters. The summed E-state index contributed by atoms with van der Waals surface area (Å²) in [5, 5.41) is 15.2. The molecule has 0 bridgehead atoms. The molecule has 0 aliphatic rings. The van der Waals surface area contributed by atoms with Gasteiger partial charge in [0.25, 0.3) is 5.91 Å². The smallest absolute Gasteiger partial charge is 0.275 e. The standard InChI is InChI=1S/C28H23N3O4/c1-33-26-15-21-8-4-3-7-20(21)14-24(26)28(32)31-30-17-19-11-12-25(27(13-19)34-2)35-18-23-10-6-5-9-22(23)16-29/h3-15,17H,18H2,1-2H3,(H,31,32)/b30-17-. The molecule has 7 nitrogen and oxygen atoms in total. The molecule has 174 valence electrons. The molecular formula is C28H23N3O4. The van der Waals surface area contributed by atoms with E-state index in [2.05, 4.69) is 16.6 Å². The monoisotopic (exact) mass is 465 g/mol. The Hall–Kier alpha value is -4.83. The van der Waals surface area contributed by atoms with E-state index in [1.165, 1.54) is 13.3 Å². The molecule has 0 aliphatic heterocycles. The van der Waals surface area contributed by atoms with E-state index in [1.807, 2.05) is 48.5 Å². The molecule has 0 unspecified atom stereocenters. The van der Waals surface area contributed by atoms with Crippen LogP contribution in [-0.4, -0.2) is 26.3 Å². The summed E-state index contributed by atoms with van der Waals surface area (Å²) in [6, 6.07) is 26.1. The number of fused-ring (bicyclic) bond motifs is 1. The number of carbonyl (C=O) groups excluding carboxylic acids is 1. The Morgan fingerprint density at radius 2 is 1.63 bits per heavy atom. The first-order valence-corrected chi connectivity index (χ1v) is 10.8. The van der Waals surface area contributed by atoms with E-state index in [4.69, 9.17) is 14.2 Å². The van der Waals surface area contributed by atoms with Crippen molar-refractivity contribution in [1.29, 1.82) is 5.26 Å². The minimum atomic E-state index is -0.382. The number of nitrogens with zero attached hydrogens (tertiary/aromatic N) is 2. The molecule has 0 heterocycles. The molecule has 4 aromatic rings. The average Bonchev–Trinajstić information content (AvgIpc) is 2.91. The third-order valence-corrected chi connectivity index (χ3v) is 5.40. The van der Waals surface area contributed by atoms with E-state index in [-0.39, 0.29) is 12.5 Å². The van der Waals surface area contributed by atoms with Gasteiger partial charge in [0.1, 0.15) is 12.4 Å². The summed E-state index contributed by atoms with van der Waals surface area (Å²) in [7, 11) is 3.07. The topological polar surface area (TPSA) is 92.9 Å². The van der Waals surface area contributed by atoms with E-state index < -0.39 is 0 Å². The second-order valence-electron chi connectivity index (χ2n) is 7.57. The van der Waals surface area contributed by atoms with Crippen molar-refractivity contribution in [3.63, 3.8) is 0 Å². The summed E-state index contributed by atoms with van der Waals surface area (Å²) in [5.41, 5.74) is 4.99. The molecule has 0 aromatic heterocycles. The van der Waals surface area contributed by atoms with Crippen molar-refractivity contribution < 1.29 is 19.0 Å². The predicted octanol–water partition coefficient (Wildman–Crippen LogP) is 5.07. The summed E-state index contributed by atoms with van der Waals surface area (Å²) in [6.45, 7) is 0.233. The van der Waals surface area contributed by atoms with Crippen molar-refractivity contribution in [3.8, 4) is 23.3 Å². The van der Waals surface area contributed by atoms with Crippen molar-refractivity contribution in [2.24, 2.45) is 5.10 Å². The summed E-state index contributed by atoms with van der Waals surface area (Å²) < 4.78 is 16.7. The Morgan fingerprint density at radius 1 is 0.914 bits per heavy atom. The molecule has 0 radical (unpaired) electrons. The summed E-state index contributed by atoms with van der Waals surface area (Å²) in [5.74, 6) is 1.12. The van der Waals surface area contributed by atoms with Crippen LogP contribution >= 0.6 is 0 Å². The summed E-state index contributed by atoms with van der Waals surface area (Å²) in [6.07, 6.45) is 1.52. The van der Waals surface area contributed by atoms with Crippen molar-refractivity contribution in [2.75, 3.05) is 14.2 Å². The van der Waals surface area contributed by atoms with Crippen LogP contribution in [0.1, 0.15) is 27.0 Å². The van der Waals surface area contributed by atoms with Gasteiger partial charge in [-0.2, -0.15) is 10.4 Å². The largest absolute Gasteiger partial charge is 0.496 e. The Balaban J connectivity index is 1.45. The lowest BCUT2D eigenvalue weighted by molar-refractivity contribution is 0.0952. The second kappa shape index (κ2) is 10.9. The first kappa shape index (κ1) is 23.3. The highest BCUT2D eigenvalue weighted by atomic mass is 16.5. The zero-order valence-corrected chi connectivity index (χ0v) is 19.3. The molecule has 4 aromatic carbocycles. The molecule has 7 heteroatoms. The highest BCUT2D eigenvalue weighted by molar-refractivity contribution is 6.02. The van der Waals surface area contributed by atoms with Crippen LogP contribution in [0.25, 0.3) is 10.8 Å². The van der Waals surface area contributed by atoms with E-state index >= 15 is 0 Å². The molecule has 1 N–H and O–H groups in total. The van der Waals surface area contributed by atoms with Crippen LogP contribution in [0.4, 0.5) is 0 Å². The zero-order valence-electron chi connectivity index (χ0n) is 19.3. The van der Waals surface area contributed by atoms with Gasteiger partial charge in [-0.15, -0.1) is 0 Å². The van der Waals surface area contributed by atoms with Gasteiger partial charge in [0.2, 0.25) is 0 Å². The number of methoxy groups -OCH3 is 2. The number of nitriles is 1. The Morgan fingerprint density at radius 3 is 2.37 bits per heavy atom. The van der Waals surface area contributed by atoms with Gasteiger partial charge in [-0.25, -0.2) is 5.43 Å². The lowest BCUT2D eigenvalue weighted by Gasteiger charge is -2.12. The Kier molecular flexibility index (Phi) is 7.24. The Labute approximate surface area is 203 Å². The third kappa shape index (κ3) is 5.40. The minimum Gasteiger partial charge on any atom is -0.496 e. The van der Waals surface area contributed by atoms with Gasteiger partial charge in [0.15, 0.2) is 11.5 Å². The van der Waals surface area contributed by atoms with Crippen LogP contribution in [0.3, 0.4) is 0 Å². The second-order valence-corrected chi connectivity index (χ2v) is 7.57. The average molecular weight is 466 g/mol. The number of hydrogen-bond acceptors (Lipinski definition) is 6. The molecule has 1 amide bonds. The SMILES string of the molecule is COc1cc(/C=N\NC(=O)c2cc3ccccc3cc2OC)ccc1OCc1ccccc1C#N. The van der Waals surface area contributed by atoms with Crippen molar-refractivity contribution >= 4 is 22.9 Å². The van der Waals surface area contributed by atoms with Crippen LogP contribution in [0.2, 0.25) is 0 Å². The number of rotatable bonds is 8. The van der Waals surface area contributed by atoms with Crippen molar-refractivity contribution in [2.45, 2.75) is 6.61 Å². The molecule has 0 fully saturated rings. The normalized spacial score (nSPS) is 10.7. The Bertz CT molecular complexity index is 1440. The molecule has 0 saturated heterocycles. The lowest BCUT2D eigenvalue weighted by Crippen LogP contribution is -2.18. The van der Waals surface area contributed by atoms with E-state index in [9.17, 15) is 10.1 Å². The van der Waals surface area contributed by atoms with E-state index in [0.717, 1.165) is 16.3 Å². The van der Waals surface area contributed by atoms with Crippen LogP contribution in [0, 0.1) is 11.3 Å². The van der Waals surface area contributed by atoms with Crippen LogP contribution in [0.15, 0.2) is 84.0 Å². The van der Waals surface area contributed by atoms with Gasteiger partial charge < -0.3 is 14.2 Å². The highest BCUT2D eigenvalue weighted by Gasteiger charge is 2.13. The lowest BCUT2D eigenvalue weighted by atomic mass is 10.1. The molecule has 0 spiro atoms. The zero-order chi connectivity index (χ0) is 24.6. The van der Waals surface area contributed by atoms with Gasteiger partial charge in [-0.3, -0.25) is 4.79 Å². The van der Waals surface area contributed by atoms with Gasteiger partial charge in [-0.05, 0) is 52.7 Å². The third-order valence-electron chi connectivity index (χ3n) is 5.40. The van der Waals surface area contributed by atoms with Crippen LogP contribution in [-0.2, 0) is 6.61 Å². The fourth-order valence-corrected chi connectivity index (χ4v) is 3.59. The minimum absolute atomic E-state index is 0.233. The first-order chi connectivity index (χ1) is 17.1. The highest BCUT2D eigenvalue weighted by Crippen LogP contribution is 2.29. The fraction of sp³-hybridized carbons (Fsp3) is 0.107. The molecule has 4 rings (SSSR count). The van der Waals surface area contributed by atoms with Crippen molar-refractivity contribution in [1.82, 2.24) is 5.43 Å².